The number of benzene rings is 2. The van der Waals surface area contributed by atoms with E-state index in [9.17, 15) is 0 Å². The van der Waals surface area contributed by atoms with Gasteiger partial charge in [-0.2, -0.15) is 0 Å². The Kier molecular flexibility index (Phi) is 7.59. The second-order valence-corrected chi connectivity index (χ2v) is 11.2. The maximum absolute atomic E-state index is 2.62. The Morgan fingerprint density at radius 3 is 2.09 bits per heavy atom. The molecule has 0 fully saturated rings. The van der Waals surface area contributed by atoms with Crippen molar-refractivity contribution < 1.29 is 0 Å². The topological polar surface area (TPSA) is 6.48 Å². The highest BCUT2D eigenvalue weighted by Crippen LogP contribution is 2.48. The van der Waals surface area contributed by atoms with E-state index in [4.69, 9.17) is 0 Å². The minimum absolute atomic E-state index is 0.0183. The highest BCUT2D eigenvalue weighted by Gasteiger charge is 2.42. The van der Waals surface area contributed by atoms with Gasteiger partial charge in [0.05, 0.1) is 6.04 Å². The molecule has 0 amide bonds. The smallest absolute Gasteiger partial charge is 0.0568 e. The molecule has 0 aromatic heterocycles. The molecule has 2 aliphatic heterocycles. The molecule has 0 radical (unpaired) electrons. The molecule has 2 aromatic carbocycles. The minimum atomic E-state index is 0.0183. The zero-order valence-electron chi connectivity index (χ0n) is 22.7. The first kappa shape index (κ1) is 25.4. The summed E-state index contributed by atoms with van der Waals surface area (Å²) in [5.41, 5.74) is 7.19. The van der Waals surface area contributed by atoms with Gasteiger partial charge in [0, 0.05) is 41.0 Å². The Hall–Kier alpha value is -2.74. The molecule has 2 aromatic rings. The zero-order chi connectivity index (χ0) is 25.1. The van der Waals surface area contributed by atoms with E-state index in [0.717, 1.165) is 13.1 Å². The second-order valence-electron chi connectivity index (χ2n) is 11.2. The van der Waals surface area contributed by atoms with Crippen molar-refractivity contribution in [2.24, 2.45) is 0 Å². The van der Waals surface area contributed by atoms with Gasteiger partial charge in [0.1, 0.15) is 0 Å². The molecule has 0 N–H and O–H groups in total. The van der Waals surface area contributed by atoms with Crippen molar-refractivity contribution in [1.82, 2.24) is 0 Å². The summed E-state index contributed by atoms with van der Waals surface area (Å²) in [6.45, 7) is 16.2. The monoisotopic (exact) mass is 468 g/mol. The summed E-state index contributed by atoms with van der Waals surface area (Å²) < 4.78 is 0. The molecule has 0 spiro atoms. The fourth-order valence-corrected chi connectivity index (χ4v) is 5.98. The van der Waals surface area contributed by atoms with E-state index >= 15 is 0 Å². The molecule has 2 heterocycles. The molecular weight excluding hydrogens is 424 g/mol. The molecule has 0 saturated heterocycles. The molecule has 2 aliphatic rings. The quantitative estimate of drug-likeness (QED) is 0.340. The van der Waals surface area contributed by atoms with Crippen LogP contribution in [0.4, 0.5) is 11.4 Å². The van der Waals surface area contributed by atoms with Crippen LogP contribution in [-0.2, 0) is 10.8 Å². The van der Waals surface area contributed by atoms with Gasteiger partial charge in [0.2, 0.25) is 0 Å². The van der Waals surface area contributed by atoms with Crippen molar-refractivity contribution in [2.75, 3.05) is 22.9 Å². The van der Waals surface area contributed by atoms with Gasteiger partial charge in [-0.1, -0.05) is 115 Å². The van der Waals surface area contributed by atoms with Crippen LogP contribution in [0.2, 0.25) is 0 Å². The van der Waals surface area contributed by atoms with E-state index in [0.29, 0.717) is 6.04 Å². The standard InChI is InChI=1S/C33H44N2/c1-7-9-24-34-28-20-16-14-18-26(28)32(3,4)30(34)22-12-11-13-23-31-33(5,6)27-19-15-17-21-29(27)35(31)25-10-8-2/h11-23,30H,7-10,24-25H2,1-6H3/b13-11+,22-12+,31-23-. The number of anilines is 2. The highest BCUT2D eigenvalue weighted by atomic mass is 15.2. The third-order valence-electron chi connectivity index (χ3n) is 8.04. The van der Waals surface area contributed by atoms with Crippen molar-refractivity contribution in [1.29, 1.82) is 0 Å². The highest BCUT2D eigenvalue weighted by molar-refractivity contribution is 5.70. The molecular formula is C33H44N2. The van der Waals surface area contributed by atoms with Gasteiger partial charge in [-0.3, -0.25) is 0 Å². The van der Waals surface area contributed by atoms with Gasteiger partial charge < -0.3 is 9.80 Å². The van der Waals surface area contributed by atoms with Crippen LogP contribution < -0.4 is 9.80 Å². The van der Waals surface area contributed by atoms with Crippen molar-refractivity contribution in [3.8, 4) is 0 Å². The summed E-state index contributed by atoms with van der Waals surface area (Å²) in [7, 11) is 0. The Morgan fingerprint density at radius 1 is 0.743 bits per heavy atom. The molecule has 0 aliphatic carbocycles. The van der Waals surface area contributed by atoms with E-state index in [1.807, 2.05) is 0 Å². The first-order chi connectivity index (χ1) is 16.8. The van der Waals surface area contributed by atoms with Gasteiger partial charge >= 0.3 is 0 Å². The molecule has 0 bridgehead atoms. The molecule has 1 unspecified atom stereocenters. The minimum Gasteiger partial charge on any atom is -0.364 e. The van der Waals surface area contributed by atoms with Crippen LogP contribution in [0.3, 0.4) is 0 Å². The number of rotatable bonds is 9. The molecule has 35 heavy (non-hydrogen) atoms. The van der Waals surface area contributed by atoms with Crippen molar-refractivity contribution in [2.45, 2.75) is 84.1 Å². The molecule has 2 nitrogen and oxygen atoms in total. The first-order valence-corrected chi connectivity index (χ1v) is 13.6. The fraction of sp³-hybridized carbons (Fsp3) is 0.455. The maximum Gasteiger partial charge on any atom is 0.0568 e. The second kappa shape index (κ2) is 10.5. The Bertz CT molecular complexity index is 1100. The van der Waals surface area contributed by atoms with Gasteiger partial charge in [0.25, 0.3) is 0 Å². The van der Waals surface area contributed by atoms with E-state index in [-0.39, 0.29) is 10.8 Å². The summed E-state index contributed by atoms with van der Waals surface area (Å²) in [4.78, 5) is 5.15. The van der Waals surface area contributed by atoms with Crippen LogP contribution in [0.5, 0.6) is 0 Å². The lowest BCUT2D eigenvalue weighted by atomic mass is 9.80. The number of hydrogen-bond donors (Lipinski definition) is 0. The predicted octanol–water partition coefficient (Wildman–Crippen LogP) is 8.55. The summed E-state index contributed by atoms with van der Waals surface area (Å²) >= 11 is 0. The lowest BCUT2D eigenvalue weighted by molar-refractivity contribution is 0.471. The molecule has 2 heteroatoms. The van der Waals surface area contributed by atoms with Crippen LogP contribution in [-0.4, -0.2) is 19.1 Å². The lowest BCUT2D eigenvalue weighted by Crippen LogP contribution is -2.40. The predicted molar refractivity (Wildman–Crippen MR) is 154 cm³/mol. The molecule has 0 saturated carbocycles. The third kappa shape index (κ3) is 4.73. The third-order valence-corrected chi connectivity index (χ3v) is 8.04. The van der Waals surface area contributed by atoms with Crippen LogP contribution >= 0.6 is 0 Å². The van der Waals surface area contributed by atoms with Crippen molar-refractivity contribution >= 4 is 11.4 Å². The number of hydrogen-bond acceptors (Lipinski definition) is 2. The van der Waals surface area contributed by atoms with E-state index in [2.05, 4.69) is 130 Å². The van der Waals surface area contributed by atoms with E-state index < -0.39 is 0 Å². The lowest BCUT2D eigenvalue weighted by Gasteiger charge is -2.32. The zero-order valence-corrected chi connectivity index (χ0v) is 22.7. The van der Waals surface area contributed by atoms with E-state index in [1.165, 1.54) is 53.9 Å². The van der Waals surface area contributed by atoms with Gasteiger partial charge in [-0.05, 0) is 42.2 Å². The number of nitrogens with zero attached hydrogens (tertiary/aromatic N) is 2. The van der Waals surface area contributed by atoms with Crippen molar-refractivity contribution in [3.63, 3.8) is 0 Å². The van der Waals surface area contributed by atoms with Gasteiger partial charge in [-0.25, -0.2) is 0 Å². The van der Waals surface area contributed by atoms with Gasteiger partial charge in [0.15, 0.2) is 0 Å². The SMILES string of the molecule is CCCCN1\C(=C/C=C/C=C/C2N(CCCC)c3ccccc3C2(C)C)C(C)(C)c2ccccc21. The number of unbranched alkanes of at least 4 members (excludes halogenated alkanes) is 2. The molecule has 186 valence electrons. The Morgan fingerprint density at radius 2 is 1.37 bits per heavy atom. The number of para-hydroxylation sites is 2. The maximum atomic E-state index is 2.62. The van der Waals surface area contributed by atoms with Crippen LogP contribution in [0.25, 0.3) is 0 Å². The first-order valence-electron chi connectivity index (χ1n) is 13.6. The largest absolute Gasteiger partial charge is 0.364 e. The average Bonchev–Trinajstić information content (AvgIpc) is 3.20. The number of allylic oxidation sites excluding steroid dienone is 5. The average molecular weight is 469 g/mol. The van der Waals surface area contributed by atoms with Gasteiger partial charge in [-0.15, -0.1) is 0 Å². The Balaban J connectivity index is 1.57. The molecule has 1 atom stereocenters. The summed E-state index contributed by atoms with van der Waals surface area (Å²) in [5.74, 6) is 0. The van der Waals surface area contributed by atoms with Crippen LogP contribution in [0, 0.1) is 0 Å². The Labute approximate surface area is 214 Å². The normalized spacial score (nSPS) is 21.4. The number of fused-ring (bicyclic) bond motifs is 2. The summed E-state index contributed by atoms with van der Waals surface area (Å²) in [6, 6.07) is 18.3. The fourth-order valence-electron chi connectivity index (χ4n) is 5.98. The van der Waals surface area contributed by atoms with Crippen molar-refractivity contribution in [3.05, 3.63) is 95.7 Å². The molecule has 4 rings (SSSR count). The van der Waals surface area contributed by atoms with Crippen LogP contribution in [0.1, 0.15) is 78.4 Å². The summed E-state index contributed by atoms with van der Waals surface area (Å²) in [5, 5.41) is 0. The summed E-state index contributed by atoms with van der Waals surface area (Å²) in [6.07, 6.45) is 16.3. The van der Waals surface area contributed by atoms with E-state index in [1.54, 1.807) is 0 Å². The van der Waals surface area contributed by atoms with Crippen LogP contribution in [0.15, 0.2) is 84.6 Å².